The zero-order chi connectivity index (χ0) is 17.0. The van der Waals surface area contributed by atoms with Gasteiger partial charge in [-0.05, 0) is 41.8 Å². The van der Waals surface area contributed by atoms with E-state index in [4.69, 9.17) is 0 Å². The molecule has 0 aliphatic rings. The van der Waals surface area contributed by atoms with Gasteiger partial charge in [-0.1, -0.05) is 37.6 Å². The average Bonchev–Trinajstić information content (AvgIpc) is 2.53. The summed E-state index contributed by atoms with van der Waals surface area (Å²) in [5.74, 6) is -0.802. The fourth-order valence-corrected chi connectivity index (χ4v) is 3.03. The minimum atomic E-state index is -0.945. The first-order valence-corrected chi connectivity index (χ1v) is 7.65. The van der Waals surface area contributed by atoms with Crippen LogP contribution in [0.2, 0.25) is 0 Å². The lowest BCUT2D eigenvalue weighted by atomic mass is 9.70. The van der Waals surface area contributed by atoms with Crippen LogP contribution >= 0.6 is 0 Å². The Bertz CT molecular complexity index is 617. The summed E-state index contributed by atoms with van der Waals surface area (Å²) in [4.78, 5) is 14.6. The SMILES string of the molecule is CCCC(C(=O)N(C)C)(c1ccc(F)cc1)c1ccc(F)cc1. The van der Waals surface area contributed by atoms with E-state index in [0.717, 1.165) is 6.42 Å². The highest BCUT2D eigenvalue weighted by atomic mass is 19.1. The Balaban J connectivity index is 2.71. The maximum Gasteiger partial charge on any atom is 0.237 e. The monoisotopic (exact) mass is 317 g/mol. The highest BCUT2D eigenvalue weighted by Gasteiger charge is 2.42. The molecule has 0 spiro atoms. The van der Waals surface area contributed by atoms with Gasteiger partial charge >= 0.3 is 0 Å². The van der Waals surface area contributed by atoms with Gasteiger partial charge in [0.25, 0.3) is 0 Å². The molecule has 0 radical (unpaired) electrons. The van der Waals surface area contributed by atoms with Crippen molar-refractivity contribution in [3.63, 3.8) is 0 Å². The van der Waals surface area contributed by atoms with Gasteiger partial charge < -0.3 is 4.90 Å². The van der Waals surface area contributed by atoms with E-state index in [9.17, 15) is 13.6 Å². The molecule has 0 fully saturated rings. The van der Waals surface area contributed by atoms with E-state index in [1.807, 2.05) is 6.92 Å². The van der Waals surface area contributed by atoms with Gasteiger partial charge in [-0.15, -0.1) is 0 Å². The topological polar surface area (TPSA) is 20.3 Å². The molecule has 0 aliphatic heterocycles. The summed E-state index contributed by atoms with van der Waals surface area (Å²) >= 11 is 0. The second kappa shape index (κ2) is 6.90. The molecule has 0 atom stereocenters. The predicted octanol–water partition coefficient (Wildman–Crippen LogP) is 4.14. The molecule has 0 bridgehead atoms. The molecule has 2 rings (SSSR count). The zero-order valence-electron chi connectivity index (χ0n) is 13.6. The quantitative estimate of drug-likeness (QED) is 0.811. The van der Waals surface area contributed by atoms with Crippen molar-refractivity contribution < 1.29 is 13.6 Å². The van der Waals surface area contributed by atoms with Crippen molar-refractivity contribution >= 4 is 5.91 Å². The molecule has 0 unspecified atom stereocenters. The minimum Gasteiger partial charge on any atom is -0.348 e. The van der Waals surface area contributed by atoms with Crippen LogP contribution in [0, 0.1) is 11.6 Å². The summed E-state index contributed by atoms with van der Waals surface area (Å²) in [7, 11) is 3.39. The molecular formula is C19H21F2NO. The number of hydrogen-bond donors (Lipinski definition) is 0. The lowest BCUT2D eigenvalue weighted by Crippen LogP contribution is -2.44. The molecule has 23 heavy (non-hydrogen) atoms. The summed E-state index contributed by atoms with van der Waals surface area (Å²) in [5, 5.41) is 0. The van der Waals surface area contributed by atoms with Crippen molar-refractivity contribution in [1.29, 1.82) is 0 Å². The van der Waals surface area contributed by atoms with Crippen LogP contribution in [-0.4, -0.2) is 24.9 Å². The molecule has 2 nitrogen and oxygen atoms in total. The summed E-state index contributed by atoms with van der Waals surface area (Å²) in [5.41, 5.74) is 0.483. The molecular weight excluding hydrogens is 296 g/mol. The number of rotatable bonds is 5. The lowest BCUT2D eigenvalue weighted by Gasteiger charge is -2.36. The van der Waals surface area contributed by atoms with Crippen molar-refractivity contribution in [2.75, 3.05) is 14.1 Å². The fraction of sp³-hybridized carbons (Fsp3) is 0.316. The van der Waals surface area contributed by atoms with Gasteiger partial charge in [0, 0.05) is 14.1 Å². The number of hydrogen-bond acceptors (Lipinski definition) is 1. The summed E-state index contributed by atoms with van der Waals surface area (Å²) in [6, 6.07) is 12.0. The zero-order valence-corrected chi connectivity index (χ0v) is 13.6. The summed E-state index contributed by atoms with van der Waals surface area (Å²) in [6.07, 6.45) is 1.32. The maximum atomic E-state index is 13.3. The standard InChI is InChI=1S/C19H21F2NO/c1-4-13-19(18(23)22(2)3,14-5-9-16(20)10-6-14)15-7-11-17(21)12-8-15/h5-12H,4,13H2,1-3H3. The van der Waals surface area contributed by atoms with Crippen molar-refractivity contribution in [2.24, 2.45) is 0 Å². The van der Waals surface area contributed by atoms with Gasteiger partial charge in [0.2, 0.25) is 5.91 Å². The first-order valence-electron chi connectivity index (χ1n) is 7.65. The fourth-order valence-electron chi connectivity index (χ4n) is 3.03. The second-order valence-electron chi connectivity index (χ2n) is 5.87. The van der Waals surface area contributed by atoms with Gasteiger partial charge in [-0.3, -0.25) is 4.79 Å². The van der Waals surface area contributed by atoms with E-state index >= 15 is 0 Å². The molecule has 0 heterocycles. The third-order valence-electron chi connectivity index (χ3n) is 4.07. The third-order valence-corrected chi connectivity index (χ3v) is 4.07. The van der Waals surface area contributed by atoms with Crippen LogP contribution in [0.5, 0.6) is 0 Å². The van der Waals surface area contributed by atoms with Crippen LogP contribution in [0.15, 0.2) is 48.5 Å². The summed E-state index contributed by atoms with van der Waals surface area (Å²) < 4.78 is 26.7. The number of carbonyl (C=O) groups excluding carboxylic acids is 1. The van der Waals surface area contributed by atoms with E-state index < -0.39 is 5.41 Å². The smallest absolute Gasteiger partial charge is 0.237 e. The van der Waals surface area contributed by atoms with Crippen molar-refractivity contribution in [3.8, 4) is 0 Å². The third kappa shape index (κ3) is 3.26. The highest BCUT2D eigenvalue weighted by Crippen LogP contribution is 2.38. The van der Waals surface area contributed by atoms with Crippen molar-refractivity contribution in [1.82, 2.24) is 4.90 Å². The second-order valence-corrected chi connectivity index (χ2v) is 5.87. The summed E-state index contributed by atoms with van der Waals surface area (Å²) in [6.45, 7) is 1.99. The van der Waals surface area contributed by atoms with Gasteiger partial charge in [0.1, 0.15) is 11.6 Å². The lowest BCUT2D eigenvalue weighted by molar-refractivity contribution is -0.133. The molecule has 2 aromatic carbocycles. The van der Waals surface area contributed by atoms with Gasteiger partial charge in [-0.2, -0.15) is 0 Å². The van der Waals surface area contributed by atoms with Crippen molar-refractivity contribution in [3.05, 3.63) is 71.3 Å². The molecule has 0 aromatic heterocycles. The number of halogens is 2. The highest BCUT2D eigenvalue weighted by molar-refractivity contribution is 5.91. The van der Waals surface area contributed by atoms with Gasteiger partial charge in [0.05, 0.1) is 5.41 Å². The molecule has 0 N–H and O–H groups in total. The Morgan fingerprint density at radius 1 is 0.913 bits per heavy atom. The molecule has 122 valence electrons. The molecule has 2 aromatic rings. The normalized spacial score (nSPS) is 11.3. The average molecular weight is 317 g/mol. The first kappa shape index (κ1) is 17.1. The number of benzene rings is 2. The van der Waals surface area contributed by atoms with Crippen LogP contribution in [0.1, 0.15) is 30.9 Å². The van der Waals surface area contributed by atoms with Crippen molar-refractivity contribution in [2.45, 2.75) is 25.2 Å². The maximum absolute atomic E-state index is 13.3. The first-order chi connectivity index (χ1) is 10.9. The Morgan fingerprint density at radius 2 is 1.30 bits per heavy atom. The molecule has 4 heteroatoms. The van der Waals surface area contributed by atoms with E-state index in [1.165, 1.54) is 29.2 Å². The number of nitrogens with zero attached hydrogens (tertiary/aromatic N) is 1. The van der Waals surface area contributed by atoms with Crippen LogP contribution in [0.3, 0.4) is 0 Å². The largest absolute Gasteiger partial charge is 0.348 e. The number of carbonyl (C=O) groups is 1. The Labute approximate surface area is 135 Å². The Kier molecular flexibility index (Phi) is 5.14. The Hall–Kier alpha value is -2.23. The minimum absolute atomic E-state index is 0.0995. The molecule has 0 saturated carbocycles. The number of amides is 1. The van der Waals surface area contributed by atoms with Crippen LogP contribution in [0.25, 0.3) is 0 Å². The van der Waals surface area contributed by atoms with Gasteiger partial charge in [0.15, 0.2) is 0 Å². The van der Waals surface area contributed by atoms with Gasteiger partial charge in [-0.25, -0.2) is 8.78 Å². The van der Waals surface area contributed by atoms with Crippen LogP contribution in [-0.2, 0) is 10.2 Å². The predicted molar refractivity (Wildman–Crippen MR) is 87.2 cm³/mol. The van der Waals surface area contributed by atoms with Crippen LogP contribution in [0.4, 0.5) is 8.78 Å². The van der Waals surface area contributed by atoms with E-state index in [-0.39, 0.29) is 17.5 Å². The van der Waals surface area contributed by atoms with E-state index in [0.29, 0.717) is 17.5 Å². The van der Waals surface area contributed by atoms with Crippen LogP contribution < -0.4 is 0 Å². The number of likely N-dealkylation sites (N-methyl/N-ethyl adjacent to an activating group) is 1. The molecule has 0 aliphatic carbocycles. The van der Waals surface area contributed by atoms with E-state index in [1.54, 1.807) is 38.4 Å². The van der Waals surface area contributed by atoms with E-state index in [2.05, 4.69) is 0 Å². The molecule has 0 saturated heterocycles. The Morgan fingerprint density at radius 3 is 1.61 bits per heavy atom. The molecule has 1 amide bonds.